The Hall–Kier alpha value is -3.34. The van der Waals surface area contributed by atoms with Crippen molar-refractivity contribution < 1.29 is 9.59 Å². The molecule has 0 fully saturated rings. The van der Waals surface area contributed by atoms with Crippen LogP contribution in [0.5, 0.6) is 0 Å². The number of para-hydroxylation sites is 1. The van der Waals surface area contributed by atoms with Gasteiger partial charge < -0.3 is 4.57 Å². The molecule has 1 aromatic heterocycles. The zero-order valence-electron chi connectivity index (χ0n) is 14.8. The number of amides is 2. The molecule has 2 aromatic carbocycles. The van der Waals surface area contributed by atoms with Crippen molar-refractivity contribution in [1.29, 1.82) is 0 Å². The molecule has 0 radical (unpaired) electrons. The maximum Gasteiger partial charge on any atom is 0.262 e. The number of hydrogen-bond donors (Lipinski definition) is 2. The molecule has 0 atom stereocenters. The number of carbonyl (C=O) groups excluding carboxylic acids is 2. The van der Waals surface area contributed by atoms with Gasteiger partial charge in [-0.1, -0.05) is 42.0 Å². The number of aryl methyl sites for hydroxylation is 2. The Kier molecular flexibility index (Phi) is 5.17. The molecule has 2 amide bonds. The number of hydrazine groups is 1. The van der Waals surface area contributed by atoms with Crippen molar-refractivity contribution in [1.82, 2.24) is 15.4 Å². The van der Waals surface area contributed by atoms with Gasteiger partial charge in [0.15, 0.2) is 0 Å². The molecule has 3 aromatic rings. The van der Waals surface area contributed by atoms with Crippen molar-refractivity contribution in [2.24, 2.45) is 0 Å². The Morgan fingerprint density at radius 3 is 2.65 bits per heavy atom. The van der Waals surface area contributed by atoms with E-state index in [1.807, 2.05) is 67.1 Å². The van der Waals surface area contributed by atoms with Crippen LogP contribution in [-0.4, -0.2) is 16.4 Å². The third kappa shape index (κ3) is 4.19. The van der Waals surface area contributed by atoms with Crippen LogP contribution in [0, 0.1) is 13.8 Å². The molecule has 5 heteroatoms. The molecular formula is C21H21N3O2. The smallest absolute Gasteiger partial charge is 0.262 e. The van der Waals surface area contributed by atoms with Gasteiger partial charge in [0.25, 0.3) is 11.8 Å². The minimum absolute atomic E-state index is 0.134. The third-order valence-electron chi connectivity index (χ3n) is 4.16. The van der Waals surface area contributed by atoms with Gasteiger partial charge in [0, 0.05) is 17.8 Å². The molecule has 5 nitrogen and oxygen atoms in total. The molecule has 3 rings (SSSR count). The Balaban J connectivity index is 1.54. The average Bonchev–Trinajstić information content (AvgIpc) is 3.02. The van der Waals surface area contributed by atoms with E-state index in [0.717, 1.165) is 22.0 Å². The summed E-state index contributed by atoms with van der Waals surface area (Å²) in [4.78, 5) is 23.9. The van der Waals surface area contributed by atoms with Gasteiger partial charge in [-0.15, -0.1) is 0 Å². The van der Waals surface area contributed by atoms with E-state index in [2.05, 4.69) is 16.9 Å². The summed E-state index contributed by atoms with van der Waals surface area (Å²) in [5.41, 5.74) is 9.05. The van der Waals surface area contributed by atoms with Crippen molar-refractivity contribution >= 4 is 28.8 Å². The van der Waals surface area contributed by atoms with E-state index in [1.54, 1.807) is 6.08 Å². The molecule has 1 heterocycles. The second-order valence-electron chi connectivity index (χ2n) is 6.23. The van der Waals surface area contributed by atoms with E-state index in [9.17, 15) is 9.59 Å². The Morgan fingerprint density at radius 1 is 1.04 bits per heavy atom. The Labute approximate surface area is 152 Å². The van der Waals surface area contributed by atoms with Crippen molar-refractivity contribution in [3.8, 4) is 0 Å². The lowest BCUT2D eigenvalue weighted by Crippen LogP contribution is -2.42. The maximum atomic E-state index is 12.1. The molecule has 0 saturated heterocycles. The van der Waals surface area contributed by atoms with Gasteiger partial charge in [0.05, 0.1) is 0 Å². The monoisotopic (exact) mass is 347 g/mol. The van der Waals surface area contributed by atoms with Gasteiger partial charge >= 0.3 is 0 Å². The van der Waals surface area contributed by atoms with Gasteiger partial charge in [-0.05, 0) is 48.6 Å². The SMILES string of the molecule is Cc1ccc(/C=C/C(=O)NNC(=O)Cn2ccc3ccccc32)c(C)c1. The third-order valence-corrected chi connectivity index (χ3v) is 4.16. The average molecular weight is 347 g/mol. The molecule has 0 saturated carbocycles. The number of nitrogens with one attached hydrogen (secondary N) is 2. The zero-order chi connectivity index (χ0) is 18.5. The number of aromatic nitrogens is 1. The first-order chi connectivity index (χ1) is 12.5. The summed E-state index contributed by atoms with van der Waals surface area (Å²) < 4.78 is 1.84. The molecular weight excluding hydrogens is 326 g/mol. The number of nitrogens with zero attached hydrogens (tertiary/aromatic N) is 1. The van der Waals surface area contributed by atoms with E-state index in [0.29, 0.717) is 0 Å². The van der Waals surface area contributed by atoms with E-state index < -0.39 is 0 Å². The summed E-state index contributed by atoms with van der Waals surface area (Å²) in [5, 5.41) is 1.07. The Bertz CT molecular complexity index is 986. The molecule has 132 valence electrons. The van der Waals surface area contributed by atoms with Crippen LogP contribution in [0.2, 0.25) is 0 Å². The van der Waals surface area contributed by atoms with Crippen LogP contribution in [0.3, 0.4) is 0 Å². The molecule has 26 heavy (non-hydrogen) atoms. The first kappa shape index (κ1) is 17.5. The van der Waals surface area contributed by atoms with Crippen LogP contribution in [0.15, 0.2) is 60.8 Å². The number of hydrogen-bond acceptors (Lipinski definition) is 2. The lowest BCUT2D eigenvalue weighted by Gasteiger charge is -2.07. The largest absolute Gasteiger partial charge is 0.338 e. The Morgan fingerprint density at radius 2 is 1.85 bits per heavy atom. The fourth-order valence-corrected chi connectivity index (χ4v) is 2.82. The standard InChI is InChI=1S/C21H21N3O2/c1-15-7-8-17(16(2)13-15)9-10-20(25)22-23-21(26)14-24-12-11-18-5-3-4-6-19(18)24/h3-13H,14H2,1-2H3,(H,22,25)(H,23,26)/b10-9+. The maximum absolute atomic E-state index is 12.1. The molecule has 0 spiro atoms. The summed E-state index contributed by atoms with van der Waals surface area (Å²) in [5.74, 6) is -0.671. The fourth-order valence-electron chi connectivity index (χ4n) is 2.82. The summed E-state index contributed by atoms with van der Waals surface area (Å²) >= 11 is 0. The second-order valence-corrected chi connectivity index (χ2v) is 6.23. The highest BCUT2D eigenvalue weighted by atomic mass is 16.2. The predicted octanol–water partition coefficient (Wildman–Crippen LogP) is 3.12. The molecule has 0 bridgehead atoms. The van der Waals surface area contributed by atoms with Crippen LogP contribution >= 0.6 is 0 Å². The lowest BCUT2D eigenvalue weighted by molar-refractivity contribution is -0.127. The summed E-state index contributed by atoms with van der Waals surface area (Å²) in [6.45, 7) is 4.15. The molecule has 2 N–H and O–H groups in total. The first-order valence-corrected chi connectivity index (χ1v) is 8.41. The fraction of sp³-hybridized carbons (Fsp3) is 0.143. The molecule has 0 aliphatic heterocycles. The number of rotatable bonds is 4. The highest BCUT2D eigenvalue weighted by Gasteiger charge is 2.06. The molecule has 0 unspecified atom stereocenters. The summed E-state index contributed by atoms with van der Waals surface area (Å²) in [7, 11) is 0. The van der Waals surface area contributed by atoms with Gasteiger partial charge in [0.2, 0.25) is 0 Å². The van der Waals surface area contributed by atoms with E-state index >= 15 is 0 Å². The minimum atomic E-state index is -0.379. The highest BCUT2D eigenvalue weighted by molar-refractivity contribution is 5.93. The van der Waals surface area contributed by atoms with Gasteiger partial charge in [-0.3, -0.25) is 20.4 Å². The number of carbonyl (C=O) groups is 2. The van der Waals surface area contributed by atoms with Gasteiger partial charge in [0.1, 0.15) is 6.54 Å². The van der Waals surface area contributed by atoms with Crippen LogP contribution < -0.4 is 10.9 Å². The van der Waals surface area contributed by atoms with E-state index in [-0.39, 0.29) is 18.4 Å². The highest BCUT2D eigenvalue weighted by Crippen LogP contribution is 2.14. The van der Waals surface area contributed by atoms with Crippen molar-refractivity contribution in [3.63, 3.8) is 0 Å². The molecule has 0 aliphatic rings. The van der Waals surface area contributed by atoms with Gasteiger partial charge in [-0.2, -0.15) is 0 Å². The quantitative estimate of drug-likeness (QED) is 0.563. The van der Waals surface area contributed by atoms with E-state index in [1.165, 1.54) is 11.6 Å². The predicted molar refractivity (Wildman–Crippen MR) is 103 cm³/mol. The summed E-state index contributed by atoms with van der Waals surface area (Å²) in [6.07, 6.45) is 4.99. The molecule has 0 aliphatic carbocycles. The topological polar surface area (TPSA) is 63.1 Å². The van der Waals surface area contributed by atoms with Crippen molar-refractivity contribution in [3.05, 3.63) is 77.5 Å². The van der Waals surface area contributed by atoms with Crippen LogP contribution in [-0.2, 0) is 16.1 Å². The van der Waals surface area contributed by atoms with Crippen molar-refractivity contribution in [2.45, 2.75) is 20.4 Å². The van der Waals surface area contributed by atoms with Crippen LogP contribution in [0.4, 0.5) is 0 Å². The second kappa shape index (κ2) is 7.70. The van der Waals surface area contributed by atoms with Crippen molar-refractivity contribution in [2.75, 3.05) is 0 Å². The van der Waals surface area contributed by atoms with Crippen LogP contribution in [0.25, 0.3) is 17.0 Å². The zero-order valence-corrected chi connectivity index (χ0v) is 14.8. The lowest BCUT2D eigenvalue weighted by atomic mass is 10.1. The van der Waals surface area contributed by atoms with E-state index in [4.69, 9.17) is 0 Å². The van der Waals surface area contributed by atoms with Gasteiger partial charge in [-0.25, -0.2) is 0 Å². The number of benzene rings is 2. The normalized spacial score (nSPS) is 11.0. The summed E-state index contributed by atoms with van der Waals surface area (Å²) in [6, 6.07) is 15.8. The minimum Gasteiger partial charge on any atom is -0.338 e. The first-order valence-electron chi connectivity index (χ1n) is 8.41. The number of fused-ring (bicyclic) bond motifs is 1. The van der Waals surface area contributed by atoms with Crippen LogP contribution in [0.1, 0.15) is 16.7 Å².